The van der Waals surface area contributed by atoms with Crippen LogP contribution in [0.3, 0.4) is 0 Å². The lowest BCUT2D eigenvalue weighted by molar-refractivity contribution is -0.155. The lowest BCUT2D eigenvalue weighted by atomic mass is 9.83. The zero-order chi connectivity index (χ0) is 31.7. The first-order valence-electron chi connectivity index (χ1n) is 14.6. The van der Waals surface area contributed by atoms with Crippen molar-refractivity contribution in [2.45, 2.75) is 63.7 Å². The molecule has 3 aromatic carbocycles. The van der Waals surface area contributed by atoms with E-state index in [0.717, 1.165) is 10.0 Å². The molecule has 0 aliphatic carbocycles. The number of ether oxygens (including phenoxy) is 3. The van der Waals surface area contributed by atoms with Gasteiger partial charge in [0.2, 0.25) is 5.90 Å². The van der Waals surface area contributed by atoms with Gasteiger partial charge in [-0.05, 0) is 93.3 Å². The van der Waals surface area contributed by atoms with Crippen LogP contribution in [0.4, 0.5) is 4.39 Å². The van der Waals surface area contributed by atoms with E-state index in [-0.39, 0.29) is 37.7 Å². The highest BCUT2D eigenvalue weighted by atomic mass is 79.9. The molecule has 0 bridgehead atoms. The second-order valence-electron chi connectivity index (χ2n) is 11.6. The number of halogens is 2. The molecule has 0 aromatic heterocycles. The molecule has 234 valence electrons. The molecule has 0 unspecified atom stereocenters. The van der Waals surface area contributed by atoms with Crippen LogP contribution in [-0.2, 0) is 25.5 Å². The molecule has 2 atom stereocenters. The SMILES string of the molecule is CC(C)(C)OC(=O)CC[C@@]1(C(=O)NCCc2cccc(F)c2)N=C(c2ccc(OCCCO)cc2)O[C@@H]1c1ccc(Br)cc1. The number of esters is 1. The lowest BCUT2D eigenvalue weighted by Crippen LogP contribution is -2.49. The van der Waals surface area contributed by atoms with E-state index in [1.807, 2.05) is 24.3 Å². The number of hydrogen-bond donors (Lipinski definition) is 2. The third-order valence-corrected chi connectivity index (χ3v) is 7.45. The van der Waals surface area contributed by atoms with Crippen molar-refractivity contribution in [3.8, 4) is 5.75 Å². The van der Waals surface area contributed by atoms with Gasteiger partial charge < -0.3 is 24.6 Å². The Bertz CT molecular complexity index is 1460. The van der Waals surface area contributed by atoms with Crippen LogP contribution < -0.4 is 10.1 Å². The Morgan fingerprint density at radius 2 is 1.82 bits per heavy atom. The second kappa shape index (κ2) is 14.8. The van der Waals surface area contributed by atoms with E-state index in [1.54, 1.807) is 57.2 Å². The second-order valence-corrected chi connectivity index (χ2v) is 12.5. The van der Waals surface area contributed by atoms with Gasteiger partial charge in [-0.25, -0.2) is 9.38 Å². The minimum Gasteiger partial charge on any atom is -0.494 e. The van der Waals surface area contributed by atoms with E-state index in [0.29, 0.717) is 36.3 Å². The minimum atomic E-state index is -1.50. The fourth-order valence-electron chi connectivity index (χ4n) is 4.86. The van der Waals surface area contributed by atoms with Gasteiger partial charge in [0.25, 0.3) is 5.91 Å². The summed E-state index contributed by atoms with van der Waals surface area (Å²) in [5, 5.41) is 12.0. The van der Waals surface area contributed by atoms with Crippen molar-refractivity contribution in [3.05, 3.63) is 99.8 Å². The number of nitrogens with one attached hydrogen (secondary N) is 1. The number of rotatable bonds is 13. The highest BCUT2D eigenvalue weighted by Gasteiger charge is 2.53. The minimum absolute atomic E-state index is 0.0281. The summed E-state index contributed by atoms with van der Waals surface area (Å²) >= 11 is 3.47. The largest absolute Gasteiger partial charge is 0.494 e. The summed E-state index contributed by atoms with van der Waals surface area (Å²) < 4.78 is 32.3. The van der Waals surface area contributed by atoms with Gasteiger partial charge in [0.15, 0.2) is 11.6 Å². The van der Waals surface area contributed by atoms with E-state index in [9.17, 15) is 14.0 Å². The van der Waals surface area contributed by atoms with E-state index >= 15 is 0 Å². The summed E-state index contributed by atoms with van der Waals surface area (Å²) in [5.74, 6) is -0.335. The molecule has 44 heavy (non-hydrogen) atoms. The molecule has 3 aromatic rings. The Morgan fingerprint density at radius 1 is 1.09 bits per heavy atom. The molecule has 0 fully saturated rings. The summed E-state index contributed by atoms with van der Waals surface area (Å²) in [4.78, 5) is 32.0. The van der Waals surface area contributed by atoms with Crippen LogP contribution in [-0.4, -0.2) is 53.8 Å². The molecule has 2 N–H and O–H groups in total. The van der Waals surface area contributed by atoms with Crippen molar-refractivity contribution < 1.29 is 33.3 Å². The number of benzene rings is 3. The molecule has 0 radical (unpaired) electrons. The zero-order valence-electron chi connectivity index (χ0n) is 25.1. The average Bonchev–Trinajstić information content (AvgIpc) is 3.37. The normalized spacial score (nSPS) is 17.9. The summed E-state index contributed by atoms with van der Waals surface area (Å²) in [6.07, 6.45) is 0.0346. The number of aliphatic hydroxyl groups excluding tert-OH is 1. The molecule has 1 heterocycles. The third-order valence-electron chi connectivity index (χ3n) is 6.92. The Morgan fingerprint density at radius 3 is 2.48 bits per heavy atom. The fourth-order valence-corrected chi connectivity index (χ4v) is 5.12. The van der Waals surface area contributed by atoms with Crippen LogP contribution >= 0.6 is 15.9 Å². The van der Waals surface area contributed by atoms with Gasteiger partial charge in [0, 0.05) is 36.0 Å². The Labute approximate surface area is 265 Å². The first-order chi connectivity index (χ1) is 21.0. The topological polar surface area (TPSA) is 106 Å². The maximum atomic E-state index is 14.2. The van der Waals surface area contributed by atoms with Crippen LogP contribution in [0.2, 0.25) is 0 Å². The van der Waals surface area contributed by atoms with Crippen molar-refractivity contribution in [1.29, 1.82) is 0 Å². The molecule has 1 aliphatic rings. The molecule has 4 rings (SSSR count). The molecule has 0 spiro atoms. The molecule has 1 amide bonds. The number of hydrogen-bond acceptors (Lipinski definition) is 7. The van der Waals surface area contributed by atoms with Gasteiger partial charge in [-0.15, -0.1) is 0 Å². The number of carbonyl (C=O) groups excluding carboxylic acids is 2. The van der Waals surface area contributed by atoms with E-state index < -0.39 is 29.1 Å². The van der Waals surface area contributed by atoms with Crippen molar-refractivity contribution in [2.75, 3.05) is 19.8 Å². The zero-order valence-corrected chi connectivity index (χ0v) is 26.7. The Hall–Kier alpha value is -3.76. The monoisotopic (exact) mass is 668 g/mol. The maximum Gasteiger partial charge on any atom is 0.306 e. The molecule has 8 nitrogen and oxygen atoms in total. The molecule has 1 aliphatic heterocycles. The molecule has 0 saturated heterocycles. The van der Waals surface area contributed by atoms with Crippen LogP contribution in [0.1, 0.15) is 62.8 Å². The van der Waals surface area contributed by atoms with Gasteiger partial charge >= 0.3 is 5.97 Å². The molecular weight excluding hydrogens is 631 g/mol. The van der Waals surface area contributed by atoms with Crippen LogP contribution in [0.5, 0.6) is 5.75 Å². The standard InChI is InChI=1S/C34H38BrFN2O6/c1-33(2,3)44-29(40)16-18-34(32(41)37-19-17-23-6-4-7-27(36)22-23)30(24-8-12-26(35)13-9-24)43-31(38-34)25-10-14-28(15-11-25)42-21-5-20-39/h4,6-15,22,30,39H,5,16-21H2,1-3H3,(H,37,41)/t30-,34-/m1/s1. The van der Waals surface area contributed by atoms with E-state index in [4.69, 9.17) is 24.3 Å². The smallest absolute Gasteiger partial charge is 0.306 e. The maximum absolute atomic E-state index is 14.2. The van der Waals surface area contributed by atoms with Crippen LogP contribution in [0.25, 0.3) is 0 Å². The highest BCUT2D eigenvalue weighted by Crippen LogP contribution is 2.43. The number of aliphatic imine (C=N–C) groups is 1. The Kier molecular flexibility index (Phi) is 11.2. The van der Waals surface area contributed by atoms with Crippen molar-refractivity contribution in [2.24, 2.45) is 4.99 Å². The van der Waals surface area contributed by atoms with Gasteiger partial charge in [0.05, 0.1) is 6.61 Å². The molecule has 0 saturated carbocycles. The van der Waals surface area contributed by atoms with E-state index in [2.05, 4.69) is 21.2 Å². The third kappa shape index (κ3) is 8.89. The number of carbonyl (C=O) groups is 2. The highest BCUT2D eigenvalue weighted by molar-refractivity contribution is 9.10. The first-order valence-corrected chi connectivity index (χ1v) is 15.4. The number of aliphatic hydroxyl groups is 1. The predicted molar refractivity (Wildman–Crippen MR) is 169 cm³/mol. The summed E-state index contributed by atoms with van der Waals surface area (Å²) in [6.45, 7) is 6.01. The van der Waals surface area contributed by atoms with Crippen LogP contribution in [0, 0.1) is 5.82 Å². The predicted octanol–water partition coefficient (Wildman–Crippen LogP) is 6.09. The fraction of sp³-hybridized carbons (Fsp3) is 0.382. The summed E-state index contributed by atoms with van der Waals surface area (Å²) in [7, 11) is 0. The average molecular weight is 670 g/mol. The van der Waals surface area contributed by atoms with Gasteiger partial charge in [-0.1, -0.05) is 40.2 Å². The lowest BCUT2D eigenvalue weighted by Gasteiger charge is -2.31. The number of amides is 1. The van der Waals surface area contributed by atoms with Gasteiger partial charge in [0.1, 0.15) is 17.2 Å². The molecular formula is C34H38BrFN2O6. The van der Waals surface area contributed by atoms with Crippen molar-refractivity contribution >= 4 is 33.7 Å². The van der Waals surface area contributed by atoms with Crippen LogP contribution in [0.15, 0.2) is 82.3 Å². The first kappa shape index (κ1) is 33.1. The molecule has 10 heteroatoms. The van der Waals surface area contributed by atoms with Crippen molar-refractivity contribution in [1.82, 2.24) is 5.32 Å². The van der Waals surface area contributed by atoms with E-state index in [1.165, 1.54) is 12.1 Å². The van der Waals surface area contributed by atoms with Gasteiger partial charge in [-0.3, -0.25) is 9.59 Å². The summed E-state index contributed by atoms with van der Waals surface area (Å²) in [5.41, 5.74) is -0.109. The van der Waals surface area contributed by atoms with Crippen molar-refractivity contribution in [3.63, 3.8) is 0 Å². The summed E-state index contributed by atoms with van der Waals surface area (Å²) in [6, 6.07) is 20.8. The Balaban J connectivity index is 1.68. The number of nitrogens with zero attached hydrogens (tertiary/aromatic N) is 1. The van der Waals surface area contributed by atoms with Gasteiger partial charge in [-0.2, -0.15) is 0 Å². The quantitative estimate of drug-likeness (QED) is 0.169.